The summed E-state index contributed by atoms with van der Waals surface area (Å²) in [5.74, 6) is -2.07. The zero-order valence-electron chi connectivity index (χ0n) is 11.4. The van der Waals surface area contributed by atoms with E-state index in [0.717, 1.165) is 51.2 Å². The molecular formula is C14H19Cl2F3N2. The Morgan fingerprint density at radius 3 is 2.00 bits per heavy atom. The summed E-state index contributed by atoms with van der Waals surface area (Å²) in [6, 6.07) is 1.33. The predicted molar refractivity (Wildman–Crippen MR) is 80.7 cm³/mol. The lowest BCUT2D eigenvalue weighted by Gasteiger charge is -2.35. The number of nitrogens with one attached hydrogen (secondary N) is 1. The molecular weight excluding hydrogens is 324 g/mol. The normalized spacial score (nSPS) is 20.3. The first kappa shape index (κ1) is 18.6. The maximum absolute atomic E-state index is 14.0. The topological polar surface area (TPSA) is 15.3 Å². The molecule has 0 amide bonds. The molecule has 1 heterocycles. The number of benzene rings is 1. The second-order valence-electron chi connectivity index (χ2n) is 5.35. The summed E-state index contributed by atoms with van der Waals surface area (Å²) in [5, 5.41) is 3.23. The molecule has 2 aliphatic rings. The first-order chi connectivity index (χ1) is 9.16. The largest absolute Gasteiger partial charge is 0.314 e. The van der Waals surface area contributed by atoms with Gasteiger partial charge in [-0.05, 0) is 18.8 Å². The van der Waals surface area contributed by atoms with E-state index < -0.39 is 17.5 Å². The highest BCUT2D eigenvalue weighted by Gasteiger charge is 2.39. The predicted octanol–water partition coefficient (Wildman–Crippen LogP) is 3.30. The molecule has 1 aliphatic heterocycles. The fourth-order valence-corrected chi connectivity index (χ4v) is 2.92. The van der Waals surface area contributed by atoms with Crippen molar-refractivity contribution in [2.24, 2.45) is 5.92 Å². The van der Waals surface area contributed by atoms with Crippen LogP contribution in [0.5, 0.6) is 0 Å². The van der Waals surface area contributed by atoms with Crippen LogP contribution in [0.25, 0.3) is 0 Å². The van der Waals surface area contributed by atoms with E-state index in [4.69, 9.17) is 0 Å². The summed E-state index contributed by atoms with van der Waals surface area (Å²) in [4.78, 5) is 2.12. The van der Waals surface area contributed by atoms with E-state index in [1.165, 1.54) is 0 Å². The minimum atomic E-state index is -0.853. The van der Waals surface area contributed by atoms with E-state index in [-0.39, 0.29) is 36.4 Å². The first-order valence-corrected chi connectivity index (χ1v) is 6.76. The molecule has 1 aliphatic carbocycles. The van der Waals surface area contributed by atoms with E-state index in [2.05, 4.69) is 10.2 Å². The van der Waals surface area contributed by atoms with Crippen molar-refractivity contribution in [1.82, 2.24) is 10.2 Å². The van der Waals surface area contributed by atoms with Gasteiger partial charge in [0.2, 0.25) is 0 Å². The van der Waals surface area contributed by atoms with Gasteiger partial charge >= 0.3 is 0 Å². The summed E-state index contributed by atoms with van der Waals surface area (Å²) in [6.45, 7) is 3.20. The molecule has 2 nitrogen and oxygen atoms in total. The SMILES string of the molecule is Cl.Cl.Fc1cc(F)c([C@@H](C2CC2)N2CCNCC2)c(F)c1. The summed E-state index contributed by atoms with van der Waals surface area (Å²) in [7, 11) is 0. The number of rotatable bonds is 3. The van der Waals surface area contributed by atoms with Gasteiger partial charge in [0.05, 0.1) is 0 Å². The van der Waals surface area contributed by atoms with Gasteiger partial charge in [0, 0.05) is 49.9 Å². The fraction of sp³-hybridized carbons (Fsp3) is 0.571. The lowest BCUT2D eigenvalue weighted by molar-refractivity contribution is 0.149. The Morgan fingerprint density at radius 1 is 1.00 bits per heavy atom. The van der Waals surface area contributed by atoms with Crippen LogP contribution in [0.4, 0.5) is 13.2 Å². The van der Waals surface area contributed by atoms with Gasteiger partial charge in [0.15, 0.2) is 0 Å². The Morgan fingerprint density at radius 2 is 1.52 bits per heavy atom. The van der Waals surface area contributed by atoms with E-state index >= 15 is 0 Å². The zero-order valence-corrected chi connectivity index (χ0v) is 13.1. The zero-order chi connectivity index (χ0) is 13.4. The summed E-state index contributed by atoms with van der Waals surface area (Å²) in [6.07, 6.45) is 1.98. The molecule has 1 aromatic carbocycles. The van der Waals surface area contributed by atoms with Crippen molar-refractivity contribution in [3.05, 3.63) is 35.1 Å². The second-order valence-corrected chi connectivity index (χ2v) is 5.35. The van der Waals surface area contributed by atoms with Crippen LogP contribution in [0, 0.1) is 23.4 Å². The van der Waals surface area contributed by atoms with Crippen LogP contribution in [-0.2, 0) is 0 Å². The Bertz CT molecular complexity index is 454. The molecule has 1 N–H and O–H groups in total. The molecule has 1 atom stereocenters. The Hall–Kier alpha value is -0.490. The number of hydrogen-bond donors (Lipinski definition) is 1. The van der Waals surface area contributed by atoms with E-state index in [1.54, 1.807) is 0 Å². The van der Waals surface area contributed by atoms with Crippen molar-refractivity contribution in [2.75, 3.05) is 26.2 Å². The van der Waals surface area contributed by atoms with Gasteiger partial charge in [-0.2, -0.15) is 0 Å². The average molecular weight is 343 g/mol. The number of halogens is 5. The highest BCUT2D eigenvalue weighted by Crippen LogP contribution is 2.46. The van der Waals surface area contributed by atoms with Gasteiger partial charge in [-0.1, -0.05) is 0 Å². The van der Waals surface area contributed by atoms with Crippen molar-refractivity contribution in [3.63, 3.8) is 0 Å². The van der Waals surface area contributed by atoms with E-state index in [0.29, 0.717) is 5.92 Å². The van der Waals surface area contributed by atoms with Gasteiger partial charge in [-0.3, -0.25) is 4.90 Å². The molecule has 21 heavy (non-hydrogen) atoms. The molecule has 2 fully saturated rings. The average Bonchev–Trinajstić information content (AvgIpc) is 3.18. The summed E-state index contributed by atoms with van der Waals surface area (Å²) in [5.41, 5.74) is 0.0470. The molecule has 1 saturated carbocycles. The fourth-order valence-electron chi connectivity index (χ4n) is 2.92. The number of hydrogen-bond acceptors (Lipinski definition) is 2. The first-order valence-electron chi connectivity index (χ1n) is 6.76. The van der Waals surface area contributed by atoms with Crippen molar-refractivity contribution in [2.45, 2.75) is 18.9 Å². The molecule has 1 saturated heterocycles. The minimum absolute atomic E-state index is 0. The maximum atomic E-state index is 14.0. The van der Waals surface area contributed by atoms with Gasteiger partial charge in [0.25, 0.3) is 0 Å². The molecule has 1 aromatic rings. The third-order valence-electron chi connectivity index (χ3n) is 3.95. The van der Waals surface area contributed by atoms with Crippen molar-refractivity contribution in [1.29, 1.82) is 0 Å². The Kier molecular flexibility index (Phi) is 6.78. The van der Waals surface area contributed by atoms with E-state index in [1.807, 2.05) is 0 Å². The van der Waals surface area contributed by atoms with E-state index in [9.17, 15) is 13.2 Å². The Labute approximate surface area is 134 Å². The van der Waals surface area contributed by atoms with Crippen LogP contribution in [0.2, 0.25) is 0 Å². The minimum Gasteiger partial charge on any atom is -0.314 e. The van der Waals surface area contributed by atoms with Gasteiger partial charge in [-0.25, -0.2) is 13.2 Å². The van der Waals surface area contributed by atoms with Gasteiger partial charge < -0.3 is 5.32 Å². The lowest BCUT2D eigenvalue weighted by atomic mass is 9.98. The molecule has 0 unspecified atom stereocenters. The van der Waals surface area contributed by atoms with Crippen LogP contribution in [0.15, 0.2) is 12.1 Å². The number of piperazine rings is 1. The molecule has 120 valence electrons. The lowest BCUT2D eigenvalue weighted by Crippen LogP contribution is -2.46. The van der Waals surface area contributed by atoms with Crippen LogP contribution in [0.3, 0.4) is 0 Å². The molecule has 0 radical (unpaired) electrons. The molecule has 3 rings (SSSR count). The smallest absolute Gasteiger partial charge is 0.133 e. The maximum Gasteiger partial charge on any atom is 0.133 e. The van der Waals surface area contributed by atoms with Crippen molar-refractivity contribution >= 4 is 24.8 Å². The highest BCUT2D eigenvalue weighted by atomic mass is 35.5. The number of nitrogens with zero attached hydrogens (tertiary/aromatic N) is 1. The quantitative estimate of drug-likeness (QED) is 0.906. The van der Waals surface area contributed by atoms with Crippen LogP contribution in [-0.4, -0.2) is 31.1 Å². The second kappa shape index (κ2) is 7.68. The summed E-state index contributed by atoms with van der Waals surface area (Å²) >= 11 is 0. The van der Waals surface area contributed by atoms with Crippen molar-refractivity contribution in [3.8, 4) is 0 Å². The van der Waals surface area contributed by atoms with Crippen molar-refractivity contribution < 1.29 is 13.2 Å². The Balaban J connectivity index is 0.00000110. The van der Waals surface area contributed by atoms with Crippen LogP contribution < -0.4 is 5.32 Å². The monoisotopic (exact) mass is 342 g/mol. The third-order valence-corrected chi connectivity index (χ3v) is 3.95. The molecule has 0 aromatic heterocycles. The van der Waals surface area contributed by atoms with Gasteiger partial charge in [-0.15, -0.1) is 24.8 Å². The standard InChI is InChI=1S/C14H17F3N2.2ClH/c15-10-7-11(16)13(12(17)8-10)14(9-1-2-9)19-5-3-18-4-6-19;;/h7-9,14,18H,1-6H2;2*1H/t14-;;/m1../s1. The molecule has 0 bridgehead atoms. The van der Waals surface area contributed by atoms with Crippen LogP contribution >= 0.6 is 24.8 Å². The highest BCUT2D eigenvalue weighted by molar-refractivity contribution is 5.85. The third kappa shape index (κ3) is 4.03. The van der Waals surface area contributed by atoms with Gasteiger partial charge in [0.1, 0.15) is 17.5 Å². The molecule has 0 spiro atoms. The molecule has 7 heteroatoms. The van der Waals surface area contributed by atoms with Crippen LogP contribution in [0.1, 0.15) is 24.4 Å². The summed E-state index contributed by atoms with van der Waals surface area (Å²) < 4.78 is 41.0.